The molecule has 2 rings (SSSR count). The first-order chi connectivity index (χ1) is 8.29. The topological polar surface area (TPSA) is 51.0 Å². The Morgan fingerprint density at radius 1 is 1.29 bits per heavy atom. The molecule has 0 aliphatic carbocycles. The Labute approximate surface area is 105 Å². The average molecular weight is 249 g/mol. The molecule has 0 fully saturated rings. The minimum Gasteiger partial charge on any atom is -0.416 e. The molecule has 2 aromatic rings. The minimum absolute atomic E-state index is 0.279. The third-order valence-electron chi connectivity index (χ3n) is 2.31. The number of likely N-dealkylation sites (N-methyl/N-ethyl adjacent to an activating group) is 1. The lowest BCUT2D eigenvalue weighted by Crippen LogP contribution is -2.14. The first-order valence-corrected chi connectivity index (χ1v) is 6.34. The Balaban J connectivity index is 2.13. The van der Waals surface area contributed by atoms with Gasteiger partial charge in [0.05, 0.1) is 5.25 Å². The fourth-order valence-electron chi connectivity index (χ4n) is 1.53. The van der Waals surface area contributed by atoms with Crippen molar-refractivity contribution in [3.63, 3.8) is 0 Å². The van der Waals surface area contributed by atoms with Crippen molar-refractivity contribution in [2.75, 3.05) is 13.6 Å². The van der Waals surface area contributed by atoms with Crippen LogP contribution in [0.4, 0.5) is 0 Å². The Morgan fingerprint density at radius 3 is 2.65 bits per heavy atom. The molecule has 0 saturated carbocycles. The number of nitrogens with one attached hydrogen (secondary N) is 1. The summed E-state index contributed by atoms with van der Waals surface area (Å²) in [5, 5.41) is 11.9. The molecule has 0 radical (unpaired) electrons. The Hall–Kier alpha value is -1.33. The molecule has 0 amide bonds. The van der Waals surface area contributed by atoms with Crippen LogP contribution in [0.15, 0.2) is 40.0 Å². The zero-order valence-corrected chi connectivity index (χ0v) is 10.7. The van der Waals surface area contributed by atoms with Crippen LogP contribution in [0, 0.1) is 6.92 Å². The van der Waals surface area contributed by atoms with Gasteiger partial charge in [-0.25, -0.2) is 0 Å². The molecular weight excluding hydrogens is 234 g/mol. The normalized spacial score (nSPS) is 12.6. The fourth-order valence-corrected chi connectivity index (χ4v) is 2.57. The molecule has 1 aromatic heterocycles. The summed E-state index contributed by atoms with van der Waals surface area (Å²) < 4.78 is 5.39. The molecule has 1 N–H and O–H groups in total. The van der Waals surface area contributed by atoms with Gasteiger partial charge in [0.1, 0.15) is 0 Å². The highest BCUT2D eigenvalue weighted by Crippen LogP contribution is 2.33. The standard InChI is InChI=1S/C12H15N3OS/c1-9-14-15-12(16-9)17-11(8-13-2)10-6-4-3-5-7-10/h3-7,11,13H,8H2,1-2H3. The largest absolute Gasteiger partial charge is 0.416 e. The molecule has 1 aromatic carbocycles. The van der Waals surface area contributed by atoms with Gasteiger partial charge >= 0.3 is 0 Å². The van der Waals surface area contributed by atoms with Crippen LogP contribution < -0.4 is 5.32 Å². The summed E-state index contributed by atoms with van der Waals surface area (Å²) in [5.74, 6) is 0.601. The molecule has 1 atom stereocenters. The van der Waals surface area contributed by atoms with Crippen molar-refractivity contribution in [3.05, 3.63) is 41.8 Å². The first kappa shape index (κ1) is 12.1. The molecule has 0 aliphatic heterocycles. The number of benzene rings is 1. The Bertz CT molecular complexity index is 458. The number of hydrogen-bond donors (Lipinski definition) is 1. The van der Waals surface area contributed by atoms with E-state index in [9.17, 15) is 0 Å². The molecule has 1 unspecified atom stereocenters. The zero-order valence-electron chi connectivity index (χ0n) is 9.88. The molecule has 0 aliphatic rings. The van der Waals surface area contributed by atoms with E-state index in [-0.39, 0.29) is 5.25 Å². The average Bonchev–Trinajstić information content (AvgIpc) is 2.75. The lowest BCUT2D eigenvalue weighted by Gasteiger charge is -2.13. The molecule has 17 heavy (non-hydrogen) atoms. The van der Waals surface area contributed by atoms with Gasteiger partial charge in [0.2, 0.25) is 5.89 Å². The number of hydrogen-bond acceptors (Lipinski definition) is 5. The first-order valence-electron chi connectivity index (χ1n) is 5.46. The number of aromatic nitrogens is 2. The molecule has 0 bridgehead atoms. The van der Waals surface area contributed by atoms with Crippen molar-refractivity contribution in [2.24, 2.45) is 0 Å². The number of nitrogens with zero attached hydrogens (tertiary/aromatic N) is 2. The van der Waals surface area contributed by atoms with Gasteiger partial charge in [0.15, 0.2) is 0 Å². The van der Waals surface area contributed by atoms with Crippen LogP contribution >= 0.6 is 11.8 Å². The van der Waals surface area contributed by atoms with Gasteiger partial charge in [-0.2, -0.15) is 0 Å². The summed E-state index contributed by atoms with van der Waals surface area (Å²) in [6.45, 7) is 2.66. The van der Waals surface area contributed by atoms with E-state index in [1.165, 1.54) is 5.56 Å². The van der Waals surface area contributed by atoms with Gasteiger partial charge in [0.25, 0.3) is 5.22 Å². The quantitative estimate of drug-likeness (QED) is 0.825. The van der Waals surface area contributed by atoms with Gasteiger partial charge in [-0.05, 0) is 12.6 Å². The summed E-state index contributed by atoms with van der Waals surface area (Å²) in [6, 6.07) is 10.3. The minimum atomic E-state index is 0.279. The molecule has 0 spiro atoms. The van der Waals surface area contributed by atoms with E-state index in [0.29, 0.717) is 11.1 Å². The fraction of sp³-hybridized carbons (Fsp3) is 0.333. The predicted octanol–water partition coefficient (Wildman–Crippen LogP) is 2.43. The van der Waals surface area contributed by atoms with Crippen LogP contribution in [0.1, 0.15) is 16.7 Å². The van der Waals surface area contributed by atoms with E-state index < -0.39 is 0 Å². The monoisotopic (exact) mass is 249 g/mol. The molecule has 1 heterocycles. The molecule has 5 heteroatoms. The summed E-state index contributed by atoms with van der Waals surface area (Å²) in [6.07, 6.45) is 0. The van der Waals surface area contributed by atoms with Crippen molar-refractivity contribution < 1.29 is 4.42 Å². The van der Waals surface area contributed by atoms with Gasteiger partial charge in [-0.15, -0.1) is 10.2 Å². The van der Waals surface area contributed by atoms with Crippen LogP contribution in [-0.4, -0.2) is 23.8 Å². The van der Waals surface area contributed by atoms with Crippen molar-refractivity contribution in [1.29, 1.82) is 0 Å². The Morgan fingerprint density at radius 2 is 2.06 bits per heavy atom. The van der Waals surface area contributed by atoms with Crippen LogP contribution in [-0.2, 0) is 0 Å². The van der Waals surface area contributed by atoms with Crippen molar-refractivity contribution in [1.82, 2.24) is 15.5 Å². The lowest BCUT2D eigenvalue weighted by atomic mass is 10.1. The third kappa shape index (κ3) is 3.31. The molecule has 90 valence electrons. The molecular formula is C12H15N3OS. The zero-order chi connectivity index (χ0) is 12.1. The predicted molar refractivity (Wildman–Crippen MR) is 68.0 cm³/mol. The highest BCUT2D eigenvalue weighted by atomic mass is 32.2. The number of rotatable bonds is 5. The smallest absolute Gasteiger partial charge is 0.277 e. The summed E-state index contributed by atoms with van der Waals surface area (Å²) in [4.78, 5) is 0. The van der Waals surface area contributed by atoms with Gasteiger partial charge in [-0.1, -0.05) is 42.1 Å². The van der Waals surface area contributed by atoms with E-state index in [2.05, 4.69) is 27.6 Å². The van der Waals surface area contributed by atoms with Gasteiger partial charge < -0.3 is 9.73 Å². The molecule has 4 nitrogen and oxygen atoms in total. The number of thioether (sulfide) groups is 1. The maximum absolute atomic E-state index is 5.39. The van der Waals surface area contributed by atoms with Crippen LogP contribution in [0.3, 0.4) is 0 Å². The highest BCUT2D eigenvalue weighted by molar-refractivity contribution is 7.99. The number of aryl methyl sites for hydroxylation is 1. The lowest BCUT2D eigenvalue weighted by molar-refractivity contribution is 0.428. The van der Waals surface area contributed by atoms with Crippen LogP contribution in [0.5, 0.6) is 0 Å². The van der Waals surface area contributed by atoms with E-state index in [4.69, 9.17) is 4.42 Å². The van der Waals surface area contributed by atoms with Crippen molar-refractivity contribution in [2.45, 2.75) is 17.4 Å². The van der Waals surface area contributed by atoms with Crippen LogP contribution in [0.25, 0.3) is 0 Å². The second kappa shape index (κ2) is 5.84. The second-order valence-corrected chi connectivity index (χ2v) is 4.82. The van der Waals surface area contributed by atoms with E-state index >= 15 is 0 Å². The van der Waals surface area contributed by atoms with Gasteiger partial charge in [-0.3, -0.25) is 0 Å². The summed E-state index contributed by atoms with van der Waals surface area (Å²) in [5.41, 5.74) is 1.25. The Kier molecular flexibility index (Phi) is 4.17. The van der Waals surface area contributed by atoms with Crippen molar-refractivity contribution >= 4 is 11.8 Å². The maximum atomic E-state index is 5.39. The van der Waals surface area contributed by atoms with Gasteiger partial charge in [0, 0.05) is 13.5 Å². The summed E-state index contributed by atoms with van der Waals surface area (Å²) in [7, 11) is 1.94. The van der Waals surface area contributed by atoms with Crippen molar-refractivity contribution in [3.8, 4) is 0 Å². The third-order valence-corrected chi connectivity index (χ3v) is 3.40. The van der Waals surface area contributed by atoms with E-state index in [0.717, 1.165) is 6.54 Å². The van der Waals surface area contributed by atoms with E-state index in [1.807, 2.05) is 25.2 Å². The second-order valence-electron chi connectivity index (χ2n) is 3.66. The maximum Gasteiger partial charge on any atom is 0.277 e. The highest BCUT2D eigenvalue weighted by Gasteiger charge is 2.15. The van der Waals surface area contributed by atoms with Crippen LogP contribution in [0.2, 0.25) is 0 Å². The SMILES string of the molecule is CNCC(Sc1nnc(C)o1)c1ccccc1. The summed E-state index contributed by atoms with van der Waals surface area (Å²) >= 11 is 1.58. The molecule has 0 saturated heterocycles. The van der Waals surface area contributed by atoms with E-state index in [1.54, 1.807) is 18.7 Å².